The Balaban J connectivity index is 2.25. The van der Waals surface area contributed by atoms with Crippen LogP contribution >= 0.6 is 21.8 Å². The van der Waals surface area contributed by atoms with Crippen LogP contribution in [0.1, 0.15) is 28.4 Å². The average molecular weight is 534 g/mol. The molecule has 0 aromatic heterocycles. The number of nitrogens with zero attached hydrogens (tertiary/aromatic N) is 2. The maximum Gasteiger partial charge on any atom is 0.418 e. The Bertz CT molecular complexity index is 1220. The number of benzene rings is 2. The van der Waals surface area contributed by atoms with Crippen LogP contribution in [-0.4, -0.2) is 18.1 Å². The van der Waals surface area contributed by atoms with Gasteiger partial charge in [-0.15, -0.1) is 0 Å². The molecule has 0 heterocycles. The number of nitrogens with one attached hydrogen (secondary N) is 1. The maximum absolute atomic E-state index is 13.1. The summed E-state index contributed by atoms with van der Waals surface area (Å²) in [6, 6.07) is 5.38. The first-order valence-corrected chi connectivity index (χ1v) is 11.0. The van der Waals surface area contributed by atoms with Gasteiger partial charge in [-0.25, -0.2) is 0 Å². The lowest BCUT2D eigenvalue weighted by Crippen LogP contribution is -2.49. The average Bonchev–Trinajstić information content (AvgIpc) is 2.70. The summed E-state index contributed by atoms with van der Waals surface area (Å²) in [5.74, 6) is -1.78. The number of amides is 1. The zero-order chi connectivity index (χ0) is 26.2. The summed E-state index contributed by atoms with van der Waals surface area (Å²) in [4.78, 5) is 10.1. The number of alkyl halides is 3. The number of carbonyl (C=O) groups excluding carboxylic acids is 1. The van der Waals surface area contributed by atoms with Crippen LogP contribution in [0.3, 0.4) is 0 Å². The summed E-state index contributed by atoms with van der Waals surface area (Å²) in [7, 11) is -9.96. The van der Waals surface area contributed by atoms with Gasteiger partial charge in [0.2, 0.25) is 0 Å². The van der Waals surface area contributed by atoms with Crippen LogP contribution in [0.2, 0.25) is 5.02 Å². The smallest absolute Gasteiger partial charge is 0.418 e. The van der Waals surface area contributed by atoms with Crippen molar-refractivity contribution >= 4 is 27.7 Å². The molecule has 5 nitrogen and oxygen atoms in total. The van der Waals surface area contributed by atoms with Crippen molar-refractivity contribution in [3.8, 4) is 17.9 Å². The molecule has 0 aliphatic carbocycles. The van der Waals surface area contributed by atoms with Crippen molar-refractivity contribution in [2.75, 3.05) is 6.61 Å². The molecule has 0 spiro atoms. The van der Waals surface area contributed by atoms with Crippen LogP contribution in [0, 0.1) is 22.7 Å². The molecule has 1 atom stereocenters. The Kier molecular flexibility index (Phi) is 6.30. The van der Waals surface area contributed by atoms with Crippen molar-refractivity contribution in [2.45, 2.75) is 23.5 Å². The van der Waals surface area contributed by atoms with Gasteiger partial charge in [-0.3, -0.25) is 4.79 Å². The number of nitriles is 2. The van der Waals surface area contributed by atoms with E-state index in [4.69, 9.17) is 21.6 Å². The Morgan fingerprint density at radius 1 is 1.09 bits per heavy atom. The van der Waals surface area contributed by atoms with E-state index in [1.165, 1.54) is 6.07 Å². The largest absolute Gasteiger partial charge is 0.488 e. The normalized spacial score (nSPS) is 15.6. The van der Waals surface area contributed by atoms with Crippen LogP contribution in [0.25, 0.3) is 0 Å². The van der Waals surface area contributed by atoms with E-state index < -0.39 is 66.8 Å². The van der Waals surface area contributed by atoms with E-state index in [0.29, 0.717) is 18.2 Å². The zero-order valence-electron chi connectivity index (χ0n) is 16.7. The molecule has 2 aromatic rings. The van der Waals surface area contributed by atoms with E-state index >= 15 is 0 Å². The Morgan fingerprint density at radius 3 is 2.09 bits per heavy atom. The molecule has 1 N–H and O–H groups in total. The van der Waals surface area contributed by atoms with Crippen LogP contribution in [0.15, 0.2) is 41.3 Å². The quantitative estimate of drug-likeness (QED) is 0.406. The number of hydrogen-bond acceptors (Lipinski definition) is 4. The molecule has 34 heavy (non-hydrogen) atoms. The highest BCUT2D eigenvalue weighted by Crippen LogP contribution is 3.02. The van der Waals surface area contributed by atoms with E-state index in [9.17, 15) is 42.7 Å². The monoisotopic (exact) mass is 533 g/mol. The first-order valence-electron chi connectivity index (χ1n) is 8.71. The topological polar surface area (TPSA) is 85.9 Å². The second-order valence-corrected chi connectivity index (χ2v) is 9.91. The Labute approximate surface area is 192 Å². The van der Waals surface area contributed by atoms with E-state index in [0.717, 1.165) is 13.0 Å². The number of ether oxygens (including phenoxy) is 1. The molecule has 184 valence electrons. The molecule has 0 saturated carbocycles. The zero-order valence-corrected chi connectivity index (χ0v) is 18.3. The van der Waals surface area contributed by atoms with Crippen molar-refractivity contribution in [1.29, 1.82) is 10.5 Å². The molecule has 0 unspecified atom stereocenters. The first-order chi connectivity index (χ1) is 15.2. The van der Waals surface area contributed by atoms with Crippen LogP contribution in [-0.2, 0) is 6.18 Å². The minimum Gasteiger partial charge on any atom is -0.488 e. The van der Waals surface area contributed by atoms with Crippen LogP contribution in [0.5, 0.6) is 5.75 Å². The summed E-state index contributed by atoms with van der Waals surface area (Å²) in [5.41, 5.74) is -4.32. The second kappa shape index (κ2) is 7.92. The van der Waals surface area contributed by atoms with Gasteiger partial charge in [0.1, 0.15) is 17.3 Å². The maximum atomic E-state index is 13.1. The number of halogens is 9. The Morgan fingerprint density at radius 2 is 1.65 bits per heavy atom. The molecule has 1 amide bonds. The third kappa shape index (κ3) is 6.42. The van der Waals surface area contributed by atoms with Gasteiger partial charge in [0.15, 0.2) is 5.54 Å². The molecular formula is C19H12ClF8N3O2S. The lowest BCUT2D eigenvalue weighted by atomic mass is 10.0. The number of hydrogen-bond donors (Lipinski definition) is 1. The van der Waals surface area contributed by atoms with Crippen molar-refractivity contribution in [1.82, 2.24) is 5.32 Å². The van der Waals surface area contributed by atoms with Crippen molar-refractivity contribution in [3.05, 3.63) is 58.1 Å². The number of rotatable bonds is 6. The van der Waals surface area contributed by atoms with E-state index in [1.54, 1.807) is 6.07 Å². The van der Waals surface area contributed by atoms with Gasteiger partial charge in [0.25, 0.3) is 5.91 Å². The SMILES string of the molecule is C[C@@](C#N)(COc1cc(C#N)cc(C(F)(F)F)c1Cl)NC(=O)c1ccc(S(F)(F)(F)(F)F)cc1. The minimum atomic E-state index is -9.96. The highest BCUT2D eigenvalue weighted by molar-refractivity contribution is 8.45. The van der Waals surface area contributed by atoms with Gasteiger partial charge < -0.3 is 10.1 Å². The fraction of sp³-hybridized carbons (Fsp3) is 0.211. The standard InChI is InChI=1S/C19H12ClF8N3O2S/c1-18(9-30,10-33-15-7-11(8-29)6-14(16(15)20)19(21,22)23)31-17(32)12-2-4-13(5-3-12)34(24,25,26,27)28/h2-7H,10H2,1H3,(H,31,32)/t18-/m1/s1. The molecule has 0 aliphatic rings. The summed E-state index contributed by atoms with van der Waals surface area (Å²) in [6.45, 7) is 0.269. The highest BCUT2D eigenvalue weighted by atomic mass is 35.5. The summed E-state index contributed by atoms with van der Waals surface area (Å²) < 4.78 is 108. The first kappa shape index (κ1) is 27.0. The molecule has 2 rings (SSSR count). The third-order valence-electron chi connectivity index (χ3n) is 4.19. The van der Waals surface area contributed by atoms with Crippen molar-refractivity contribution in [3.63, 3.8) is 0 Å². The fourth-order valence-corrected chi connectivity index (χ4v) is 3.40. The number of carbonyl (C=O) groups is 1. The molecule has 0 fully saturated rings. The molecule has 0 bridgehead atoms. The molecule has 0 radical (unpaired) electrons. The molecule has 0 saturated heterocycles. The molecule has 2 aromatic carbocycles. The van der Waals surface area contributed by atoms with E-state index in [1.807, 2.05) is 0 Å². The van der Waals surface area contributed by atoms with Gasteiger partial charge in [-0.2, -0.15) is 23.7 Å². The van der Waals surface area contributed by atoms with Gasteiger partial charge in [0, 0.05) is 5.56 Å². The van der Waals surface area contributed by atoms with Gasteiger partial charge in [0.05, 0.1) is 28.3 Å². The summed E-state index contributed by atoms with van der Waals surface area (Å²) in [5, 5.41) is 19.5. The molecule has 15 heteroatoms. The third-order valence-corrected chi connectivity index (χ3v) is 5.74. The van der Waals surface area contributed by atoms with Gasteiger partial charge in [-0.05, 0) is 43.3 Å². The lowest BCUT2D eigenvalue weighted by molar-refractivity contribution is -0.137. The predicted octanol–water partition coefficient (Wildman–Crippen LogP) is 6.98. The second-order valence-electron chi connectivity index (χ2n) is 7.13. The molecule has 0 aliphatic heterocycles. The predicted molar refractivity (Wildman–Crippen MR) is 106 cm³/mol. The van der Waals surface area contributed by atoms with Gasteiger partial charge >= 0.3 is 16.4 Å². The van der Waals surface area contributed by atoms with E-state index in [-0.39, 0.29) is 12.1 Å². The van der Waals surface area contributed by atoms with Crippen LogP contribution < -0.4 is 10.1 Å². The fourth-order valence-electron chi connectivity index (χ4n) is 2.48. The minimum absolute atomic E-state index is 0.00249. The molecular weight excluding hydrogens is 522 g/mol. The lowest BCUT2D eigenvalue weighted by Gasteiger charge is -2.40. The van der Waals surface area contributed by atoms with Crippen molar-refractivity contribution < 1.29 is 42.1 Å². The summed E-state index contributed by atoms with van der Waals surface area (Å²) in [6.07, 6.45) is -4.93. The van der Waals surface area contributed by atoms with Crippen molar-refractivity contribution in [2.24, 2.45) is 0 Å². The van der Waals surface area contributed by atoms with E-state index in [2.05, 4.69) is 5.32 Å². The highest BCUT2D eigenvalue weighted by Gasteiger charge is 2.65. The Hall–Kier alpha value is -3.23. The van der Waals surface area contributed by atoms with Crippen LogP contribution in [0.4, 0.5) is 32.6 Å². The summed E-state index contributed by atoms with van der Waals surface area (Å²) >= 11 is 5.70. The van der Waals surface area contributed by atoms with Gasteiger partial charge in [-0.1, -0.05) is 31.0 Å².